The lowest BCUT2D eigenvalue weighted by Gasteiger charge is -2.48. The van der Waals surface area contributed by atoms with Crippen LogP contribution in [0.4, 0.5) is 0 Å². The average molecular weight is 382 g/mol. The van der Waals surface area contributed by atoms with Crippen LogP contribution in [0.15, 0.2) is 18.2 Å². The Morgan fingerprint density at radius 2 is 1.96 bits per heavy atom. The van der Waals surface area contributed by atoms with E-state index in [-0.39, 0.29) is 29.7 Å². The van der Waals surface area contributed by atoms with Gasteiger partial charge < -0.3 is 15.5 Å². The molecule has 3 amide bonds. The first kappa shape index (κ1) is 17.8. The van der Waals surface area contributed by atoms with Gasteiger partial charge in [0.2, 0.25) is 11.8 Å². The standard InChI is InChI=1S/C21H26N4O3/c26-18-5-4-17(19(27)24-18)25-11-16-13(2-1-3-15(16)20(25)28)10-23-21-8-6-14(7-9-21)22-12-21/h1-3,14,17,22-23H,4-12H2,(H,24,26,27). The number of rotatable bonds is 4. The van der Waals surface area contributed by atoms with Gasteiger partial charge >= 0.3 is 0 Å². The minimum absolute atomic E-state index is 0.107. The molecule has 148 valence electrons. The van der Waals surface area contributed by atoms with Crippen LogP contribution in [0.3, 0.4) is 0 Å². The van der Waals surface area contributed by atoms with Gasteiger partial charge in [0.05, 0.1) is 0 Å². The van der Waals surface area contributed by atoms with Crippen molar-refractivity contribution >= 4 is 17.7 Å². The van der Waals surface area contributed by atoms with E-state index >= 15 is 0 Å². The lowest BCUT2D eigenvalue weighted by atomic mass is 9.75. The normalized spacial score (nSPS) is 31.9. The maximum Gasteiger partial charge on any atom is 0.255 e. The second-order valence-electron chi connectivity index (χ2n) is 8.63. The Bertz CT molecular complexity index is 830. The number of nitrogens with one attached hydrogen (secondary N) is 3. The van der Waals surface area contributed by atoms with Crippen molar-refractivity contribution < 1.29 is 14.4 Å². The fraction of sp³-hybridized carbons (Fsp3) is 0.571. The van der Waals surface area contributed by atoms with E-state index in [4.69, 9.17) is 0 Å². The highest BCUT2D eigenvalue weighted by Gasteiger charge is 2.41. The molecule has 0 spiro atoms. The zero-order valence-electron chi connectivity index (χ0n) is 15.9. The third kappa shape index (κ3) is 2.93. The summed E-state index contributed by atoms with van der Waals surface area (Å²) in [6.07, 6.45) is 5.51. The second kappa shape index (κ2) is 6.67. The van der Waals surface area contributed by atoms with Gasteiger partial charge in [0, 0.05) is 43.2 Å². The zero-order valence-corrected chi connectivity index (χ0v) is 15.9. The second-order valence-corrected chi connectivity index (χ2v) is 8.63. The molecule has 6 rings (SSSR count). The van der Waals surface area contributed by atoms with E-state index in [1.165, 1.54) is 25.7 Å². The molecule has 3 N–H and O–H groups in total. The molecule has 5 aliphatic rings. The Kier molecular flexibility index (Phi) is 4.25. The number of hydrogen-bond donors (Lipinski definition) is 3. The third-order valence-corrected chi connectivity index (χ3v) is 7.00. The van der Waals surface area contributed by atoms with Gasteiger partial charge in [-0.15, -0.1) is 0 Å². The minimum Gasteiger partial charge on any atom is -0.322 e. The summed E-state index contributed by atoms with van der Waals surface area (Å²) in [6.45, 7) is 2.17. The van der Waals surface area contributed by atoms with Crippen LogP contribution in [-0.2, 0) is 22.7 Å². The van der Waals surface area contributed by atoms with Crippen molar-refractivity contribution in [3.63, 3.8) is 0 Å². The van der Waals surface area contributed by atoms with E-state index in [9.17, 15) is 14.4 Å². The fourth-order valence-corrected chi connectivity index (χ4v) is 5.23. The highest BCUT2D eigenvalue weighted by molar-refractivity contribution is 6.05. The first-order valence-corrected chi connectivity index (χ1v) is 10.3. The zero-order chi connectivity index (χ0) is 19.3. The molecule has 1 saturated carbocycles. The summed E-state index contributed by atoms with van der Waals surface area (Å²) < 4.78 is 0. The highest BCUT2D eigenvalue weighted by Crippen LogP contribution is 2.34. The monoisotopic (exact) mass is 382 g/mol. The summed E-state index contributed by atoms with van der Waals surface area (Å²) in [5.41, 5.74) is 2.98. The predicted molar refractivity (Wildman–Crippen MR) is 102 cm³/mol. The van der Waals surface area contributed by atoms with Crippen LogP contribution in [0.5, 0.6) is 0 Å². The van der Waals surface area contributed by atoms with Gasteiger partial charge in [0.1, 0.15) is 6.04 Å². The summed E-state index contributed by atoms with van der Waals surface area (Å²) in [4.78, 5) is 38.2. The fourth-order valence-electron chi connectivity index (χ4n) is 5.23. The molecule has 7 heteroatoms. The van der Waals surface area contributed by atoms with E-state index in [1.807, 2.05) is 12.1 Å². The van der Waals surface area contributed by atoms with Gasteiger partial charge in [0.15, 0.2) is 0 Å². The molecule has 2 bridgehead atoms. The molecule has 1 aromatic rings. The predicted octanol–water partition coefficient (Wildman–Crippen LogP) is 0.822. The number of piperidine rings is 3. The minimum atomic E-state index is -0.560. The van der Waals surface area contributed by atoms with E-state index in [0.717, 1.165) is 24.2 Å². The third-order valence-electron chi connectivity index (χ3n) is 7.00. The summed E-state index contributed by atoms with van der Waals surface area (Å²) >= 11 is 0. The molecule has 3 saturated heterocycles. The number of benzene rings is 1. The molecular weight excluding hydrogens is 356 g/mol. The Morgan fingerprint density at radius 1 is 1.14 bits per heavy atom. The molecule has 4 heterocycles. The van der Waals surface area contributed by atoms with Crippen molar-refractivity contribution in [3.05, 3.63) is 34.9 Å². The largest absolute Gasteiger partial charge is 0.322 e. The van der Waals surface area contributed by atoms with E-state index in [0.29, 0.717) is 24.6 Å². The Hall–Kier alpha value is -2.25. The molecule has 0 aromatic heterocycles. The van der Waals surface area contributed by atoms with Gasteiger partial charge in [-0.25, -0.2) is 0 Å². The topological polar surface area (TPSA) is 90.5 Å². The SMILES string of the molecule is O=C1CCC(N2Cc3c(CNC45CCC(CC4)NC5)cccc3C2=O)C(=O)N1. The number of imide groups is 1. The quantitative estimate of drug-likeness (QED) is 0.671. The molecule has 4 fully saturated rings. The van der Waals surface area contributed by atoms with Crippen LogP contribution in [0.25, 0.3) is 0 Å². The van der Waals surface area contributed by atoms with Crippen molar-refractivity contribution in [1.29, 1.82) is 0 Å². The number of amides is 3. The van der Waals surface area contributed by atoms with Crippen LogP contribution in [0.1, 0.15) is 60.0 Å². The van der Waals surface area contributed by atoms with Crippen LogP contribution in [-0.4, -0.2) is 46.8 Å². The molecule has 1 aliphatic carbocycles. The summed E-state index contributed by atoms with van der Waals surface area (Å²) in [6, 6.07) is 5.97. The molecule has 4 aliphatic heterocycles. The van der Waals surface area contributed by atoms with Gasteiger partial charge in [-0.05, 0) is 49.3 Å². The van der Waals surface area contributed by atoms with Crippen molar-refractivity contribution in [2.24, 2.45) is 0 Å². The van der Waals surface area contributed by atoms with Crippen LogP contribution >= 0.6 is 0 Å². The van der Waals surface area contributed by atoms with Gasteiger partial charge in [-0.3, -0.25) is 19.7 Å². The van der Waals surface area contributed by atoms with Gasteiger partial charge in [-0.2, -0.15) is 0 Å². The number of carbonyl (C=O) groups excluding carboxylic acids is 3. The number of hydrogen-bond acceptors (Lipinski definition) is 5. The highest BCUT2D eigenvalue weighted by atomic mass is 16.2. The number of fused-ring (bicyclic) bond motifs is 4. The van der Waals surface area contributed by atoms with E-state index in [2.05, 4.69) is 22.0 Å². The maximum absolute atomic E-state index is 12.9. The summed E-state index contributed by atoms with van der Waals surface area (Å²) in [5.74, 6) is -0.726. The molecular formula is C21H26N4O3. The van der Waals surface area contributed by atoms with Crippen molar-refractivity contribution in [3.8, 4) is 0 Å². The smallest absolute Gasteiger partial charge is 0.255 e. The number of nitrogens with zero attached hydrogens (tertiary/aromatic N) is 1. The van der Waals surface area contributed by atoms with Gasteiger partial charge in [0.25, 0.3) is 5.91 Å². The molecule has 7 nitrogen and oxygen atoms in total. The average Bonchev–Trinajstić information content (AvgIpc) is 3.05. The Balaban J connectivity index is 1.33. The van der Waals surface area contributed by atoms with Crippen molar-refractivity contribution in [2.75, 3.05) is 6.54 Å². The number of carbonyl (C=O) groups is 3. The van der Waals surface area contributed by atoms with Crippen LogP contribution < -0.4 is 16.0 Å². The molecule has 1 aromatic carbocycles. The molecule has 0 radical (unpaired) electrons. The Labute approximate surface area is 164 Å². The summed E-state index contributed by atoms with van der Waals surface area (Å²) in [5, 5.41) is 9.76. The lowest BCUT2D eigenvalue weighted by molar-refractivity contribution is -0.136. The maximum atomic E-state index is 12.9. The van der Waals surface area contributed by atoms with Crippen molar-refractivity contribution in [2.45, 2.75) is 69.2 Å². The van der Waals surface area contributed by atoms with Crippen LogP contribution in [0, 0.1) is 0 Å². The lowest BCUT2D eigenvalue weighted by Crippen LogP contribution is -2.62. The van der Waals surface area contributed by atoms with Crippen molar-refractivity contribution in [1.82, 2.24) is 20.9 Å². The first-order chi connectivity index (χ1) is 13.5. The molecule has 1 unspecified atom stereocenters. The van der Waals surface area contributed by atoms with Crippen LogP contribution in [0.2, 0.25) is 0 Å². The van der Waals surface area contributed by atoms with E-state index in [1.54, 1.807) is 4.90 Å². The van der Waals surface area contributed by atoms with Gasteiger partial charge in [-0.1, -0.05) is 12.1 Å². The Morgan fingerprint density at radius 3 is 2.68 bits per heavy atom. The summed E-state index contributed by atoms with van der Waals surface area (Å²) in [7, 11) is 0. The molecule has 1 atom stereocenters. The molecule has 28 heavy (non-hydrogen) atoms. The van der Waals surface area contributed by atoms with E-state index < -0.39 is 6.04 Å². The first-order valence-electron chi connectivity index (χ1n) is 10.3.